The Morgan fingerprint density at radius 1 is 1.20 bits per heavy atom. The lowest BCUT2D eigenvalue weighted by Gasteiger charge is -2.21. The van der Waals surface area contributed by atoms with Crippen LogP contribution in [0.3, 0.4) is 0 Å². The van der Waals surface area contributed by atoms with Crippen LogP contribution < -0.4 is 15.5 Å². The summed E-state index contributed by atoms with van der Waals surface area (Å²) in [4.78, 5) is 26.5. The number of amides is 3. The lowest BCUT2D eigenvalue weighted by atomic mass is 9.85. The predicted molar refractivity (Wildman–Crippen MR) is 94.1 cm³/mol. The molecule has 3 amide bonds. The lowest BCUT2D eigenvalue weighted by Crippen LogP contribution is -2.47. The van der Waals surface area contributed by atoms with Gasteiger partial charge in [0.1, 0.15) is 6.04 Å². The van der Waals surface area contributed by atoms with Gasteiger partial charge in [-0.05, 0) is 24.7 Å². The maximum Gasteiger partial charge on any atom is 0.315 e. The Morgan fingerprint density at radius 3 is 2.72 bits per heavy atom. The molecule has 0 unspecified atom stereocenters. The molecule has 4 rings (SSSR count). The Kier molecular flexibility index (Phi) is 4.39. The van der Waals surface area contributed by atoms with E-state index in [1.54, 1.807) is 15.8 Å². The second kappa shape index (κ2) is 6.69. The highest BCUT2D eigenvalue weighted by Gasteiger charge is 2.44. The lowest BCUT2D eigenvalue weighted by molar-refractivity contribution is -0.118. The number of aryl methyl sites for hydroxylation is 1. The van der Waals surface area contributed by atoms with Crippen LogP contribution in [0.1, 0.15) is 44.9 Å². The molecule has 2 aliphatic carbocycles. The van der Waals surface area contributed by atoms with Crippen molar-refractivity contribution in [1.29, 1.82) is 0 Å². The summed E-state index contributed by atoms with van der Waals surface area (Å²) in [6.45, 7) is 0.615. The maximum absolute atomic E-state index is 12.5. The normalized spacial score (nSPS) is 29.7. The summed E-state index contributed by atoms with van der Waals surface area (Å²) in [6, 6.07) is -0.337. The predicted octanol–water partition coefficient (Wildman–Crippen LogP) is 1.79. The molecule has 7 heteroatoms. The van der Waals surface area contributed by atoms with Crippen molar-refractivity contribution < 1.29 is 9.59 Å². The van der Waals surface area contributed by atoms with Gasteiger partial charge in [-0.1, -0.05) is 32.1 Å². The van der Waals surface area contributed by atoms with Crippen molar-refractivity contribution in [3.63, 3.8) is 0 Å². The molecule has 0 radical (unpaired) electrons. The summed E-state index contributed by atoms with van der Waals surface area (Å²) in [5, 5.41) is 10.0. The van der Waals surface area contributed by atoms with Gasteiger partial charge in [0.25, 0.3) is 0 Å². The van der Waals surface area contributed by atoms with Crippen LogP contribution in [0.25, 0.3) is 0 Å². The molecule has 1 aliphatic heterocycles. The standard InChI is InChI=1S/C18H27N5O2/c1-22-11-13(10-19-22)23-8-7-15(17(23)24)20-18(25)21-16-9-14(16)12-5-3-2-4-6-12/h10-12,14-16H,2-9H2,1H3,(H2,20,21,25)/t14-,15-,16+/m0/s1. The number of carbonyl (C=O) groups is 2. The number of urea groups is 1. The van der Waals surface area contributed by atoms with E-state index >= 15 is 0 Å². The molecule has 1 aromatic rings. The first-order valence-corrected chi connectivity index (χ1v) is 9.49. The highest BCUT2D eigenvalue weighted by Crippen LogP contribution is 2.44. The van der Waals surface area contributed by atoms with Crippen LogP contribution in [0.2, 0.25) is 0 Å². The smallest absolute Gasteiger partial charge is 0.315 e. The molecule has 3 fully saturated rings. The van der Waals surface area contributed by atoms with Gasteiger partial charge < -0.3 is 15.5 Å². The van der Waals surface area contributed by atoms with Crippen molar-refractivity contribution >= 4 is 17.6 Å². The second-order valence-corrected chi connectivity index (χ2v) is 7.73. The Morgan fingerprint density at radius 2 is 2.00 bits per heavy atom. The number of aromatic nitrogens is 2. The van der Waals surface area contributed by atoms with Crippen LogP contribution in [0, 0.1) is 11.8 Å². The molecule has 0 aromatic carbocycles. The van der Waals surface area contributed by atoms with Gasteiger partial charge in [-0.2, -0.15) is 5.10 Å². The van der Waals surface area contributed by atoms with E-state index in [4.69, 9.17) is 0 Å². The molecule has 7 nitrogen and oxygen atoms in total. The van der Waals surface area contributed by atoms with Gasteiger partial charge in [0.05, 0.1) is 11.9 Å². The number of rotatable bonds is 4. The van der Waals surface area contributed by atoms with Crippen LogP contribution in [0.15, 0.2) is 12.4 Å². The fourth-order valence-corrected chi connectivity index (χ4v) is 4.45. The minimum atomic E-state index is -0.438. The number of hydrogen-bond donors (Lipinski definition) is 2. The molecule has 1 saturated heterocycles. The van der Waals surface area contributed by atoms with Gasteiger partial charge in [0.2, 0.25) is 5.91 Å². The first kappa shape index (κ1) is 16.4. The van der Waals surface area contributed by atoms with Crippen LogP contribution >= 0.6 is 0 Å². The van der Waals surface area contributed by atoms with E-state index in [1.807, 2.05) is 13.2 Å². The molecule has 2 N–H and O–H groups in total. The molecular formula is C18H27N5O2. The van der Waals surface area contributed by atoms with Crippen LogP contribution in [-0.4, -0.2) is 40.3 Å². The minimum Gasteiger partial charge on any atom is -0.335 e. The average molecular weight is 345 g/mol. The average Bonchev–Trinajstić information content (AvgIpc) is 3.09. The van der Waals surface area contributed by atoms with E-state index in [0.717, 1.165) is 18.0 Å². The van der Waals surface area contributed by atoms with Crippen molar-refractivity contribution in [3.05, 3.63) is 12.4 Å². The third kappa shape index (κ3) is 3.50. The van der Waals surface area contributed by atoms with E-state index in [2.05, 4.69) is 15.7 Å². The fourth-order valence-electron chi connectivity index (χ4n) is 4.45. The Labute approximate surface area is 148 Å². The Bertz CT molecular complexity index is 652. The van der Waals surface area contributed by atoms with Gasteiger partial charge in [0.15, 0.2) is 0 Å². The summed E-state index contributed by atoms with van der Waals surface area (Å²) >= 11 is 0. The third-order valence-corrected chi connectivity index (χ3v) is 5.93. The van der Waals surface area contributed by atoms with Crippen LogP contribution in [-0.2, 0) is 11.8 Å². The van der Waals surface area contributed by atoms with E-state index in [1.165, 1.54) is 32.1 Å². The monoisotopic (exact) mass is 345 g/mol. The van der Waals surface area contributed by atoms with E-state index in [0.29, 0.717) is 24.9 Å². The summed E-state index contributed by atoms with van der Waals surface area (Å²) in [6.07, 6.45) is 11.9. The maximum atomic E-state index is 12.5. The SMILES string of the molecule is Cn1cc(N2CC[C@H](NC(=O)N[C@@H]3C[C@H]3C3CCCCC3)C2=O)cn1. The molecular weight excluding hydrogens is 318 g/mol. The molecule has 25 heavy (non-hydrogen) atoms. The number of hydrogen-bond acceptors (Lipinski definition) is 3. The highest BCUT2D eigenvalue weighted by molar-refractivity contribution is 6.01. The fraction of sp³-hybridized carbons (Fsp3) is 0.722. The number of nitrogens with one attached hydrogen (secondary N) is 2. The van der Waals surface area contributed by atoms with Crippen LogP contribution in [0.4, 0.5) is 10.5 Å². The number of nitrogens with zero attached hydrogens (tertiary/aromatic N) is 3. The molecule has 3 aliphatic rings. The van der Waals surface area contributed by atoms with Crippen LogP contribution in [0.5, 0.6) is 0 Å². The second-order valence-electron chi connectivity index (χ2n) is 7.73. The minimum absolute atomic E-state index is 0.0530. The summed E-state index contributed by atoms with van der Waals surface area (Å²) < 4.78 is 1.68. The molecule has 2 heterocycles. The zero-order valence-electron chi connectivity index (χ0n) is 14.8. The zero-order chi connectivity index (χ0) is 17.4. The van der Waals surface area contributed by atoms with Gasteiger partial charge in [-0.3, -0.25) is 9.48 Å². The summed E-state index contributed by atoms with van der Waals surface area (Å²) in [5.41, 5.74) is 0.789. The van der Waals surface area contributed by atoms with Gasteiger partial charge in [-0.15, -0.1) is 0 Å². The molecule has 0 bridgehead atoms. The van der Waals surface area contributed by atoms with Crippen molar-refractivity contribution in [2.45, 2.75) is 57.0 Å². The van der Waals surface area contributed by atoms with E-state index in [-0.39, 0.29) is 11.9 Å². The quantitative estimate of drug-likeness (QED) is 0.873. The molecule has 2 saturated carbocycles. The molecule has 3 atom stereocenters. The molecule has 1 aromatic heterocycles. The van der Waals surface area contributed by atoms with E-state index < -0.39 is 6.04 Å². The van der Waals surface area contributed by atoms with E-state index in [9.17, 15) is 9.59 Å². The van der Waals surface area contributed by atoms with Gasteiger partial charge in [-0.25, -0.2) is 4.79 Å². The van der Waals surface area contributed by atoms with Gasteiger partial charge in [0, 0.05) is 25.8 Å². The summed E-state index contributed by atoms with van der Waals surface area (Å²) in [7, 11) is 1.82. The number of carbonyl (C=O) groups excluding carboxylic acids is 2. The first-order chi connectivity index (χ1) is 12.1. The van der Waals surface area contributed by atoms with Crippen molar-refractivity contribution in [2.24, 2.45) is 18.9 Å². The molecule has 0 spiro atoms. The zero-order valence-corrected chi connectivity index (χ0v) is 14.8. The Hall–Kier alpha value is -2.05. The largest absolute Gasteiger partial charge is 0.335 e. The Balaban J connectivity index is 1.25. The van der Waals surface area contributed by atoms with Crippen molar-refractivity contribution in [1.82, 2.24) is 20.4 Å². The van der Waals surface area contributed by atoms with Crippen molar-refractivity contribution in [2.75, 3.05) is 11.4 Å². The number of anilines is 1. The van der Waals surface area contributed by atoms with Crippen molar-refractivity contribution in [3.8, 4) is 0 Å². The third-order valence-electron chi connectivity index (χ3n) is 5.93. The first-order valence-electron chi connectivity index (χ1n) is 9.49. The topological polar surface area (TPSA) is 79.3 Å². The highest BCUT2D eigenvalue weighted by atomic mass is 16.2. The van der Waals surface area contributed by atoms with Gasteiger partial charge >= 0.3 is 6.03 Å². The molecule has 136 valence electrons. The summed E-state index contributed by atoms with van der Waals surface area (Å²) in [5.74, 6) is 1.38.